The van der Waals surface area contributed by atoms with E-state index in [1.165, 1.54) is 0 Å². The Labute approximate surface area is 118 Å². The minimum atomic E-state index is -0.955. The molecule has 0 aliphatic heterocycles. The first-order valence-corrected chi connectivity index (χ1v) is 6.91. The number of ketones is 2. The molecule has 0 saturated heterocycles. The molecule has 0 heterocycles. The molecule has 1 aliphatic rings. The summed E-state index contributed by atoms with van der Waals surface area (Å²) in [7, 11) is 0. The highest BCUT2D eigenvalue weighted by Crippen LogP contribution is 2.31. The third-order valence-corrected chi connectivity index (χ3v) is 3.82. The summed E-state index contributed by atoms with van der Waals surface area (Å²) in [5, 5.41) is 0. The molecular formula is C14H20N2O4. The van der Waals surface area contributed by atoms with Gasteiger partial charge in [0, 0.05) is 17.8 Å². The summed E-state index contributed by atoms with van der Waals surface area (Å²) in [6, 6.07) is 0. The molecule has 1 fully saturated rings. The highest BCUT2D eigenvalue weighted by atomic mass is 16.5. The standard InChI is InChI=1S/C14H20N2O4/c1-4-20-14(19)11(16-15)13(18)9(3)10-7-5-6-8(2)12(10)17/h8-10H,4-7H2,1-3H3. The van der Waals surface area contributed by atoms with E-state index in [1.807, 2.05) is 6.92 Å². The number of ether oxygens (including phenoxy) is 1. The Bertz CT molecular complexity index is 466. The fourth-order valence-corrected chi connectivity index (χ4v) is 2.58. The van der Waals surface area contributed by atoms with Crippen molar-refractivity contribution in [2.75, 3.05) is 6.61 Å². The van der Waals surface area contributed by atoms with Crippen LogP contribution in [0.4, 0.5) is 0 Å². The molecule has 0 radical (unpaired) electrons. The number of rotatable bonds is 5. The SMILES string of the molecule is CCOC(=O)C(=[N+]=[N-])C(=O)C(C)C1CCCC(C)C1=O. The van der Waals surface area contributed by atoms with Gasteiger partial charge in [0.25, 0.3) is 5.78 Å². The topological polar surface area (TPSA) is 96.8 Å². The van der Waals surface area contributed by atoms with E-state index in [4.69, 9.17) is 5.53 Å². The highest BCUT2D eigenvalue weighted by Gasteiger charge is 2.42. The first-order valence-electron chi connectivity index (χ1n) is 6.91. The molecule has 3 atom stereocenters. The van der Waals surface area contributed by atoms with Gasteiger partial charge in [-0.25, -0.2) is 4.79 Å². The van der Waals surface area contributed by atoms with E-state index >= 15 is 0 Å². The van der Waals surface area contributed by atoms with Gasteiger partial charge < -0.3 is 10.3 Å². The minimum Gasteiger partial charge on any atom is -0.457 e. The Morgan fingerprint density at radius 1 is 1.45 bits per heavy atom. The molecule has 0 aromatic heterocycles. The molecule has 0 spiro atoms. The van der Waals surface area contributed by atoms with E-state index in [0.29, 0.717) is 6.42 Å². The fraction of sp³-hybridized carbons (Fsp3) is 0.714. The summed E-state index contributed by atoms with van der Waals surface area (Å²) in [5.41, 5.74) is 8.21. The maximum atomic E-state index is 12.2. The molecule has 0 amide bonds. The first-order chi connectivity index (χ1) is 9.43. The zero-order valence-electron chi connectivity index (χ0n) is 12.1. The molecule has 1 aliphatic carbocycles. The van der Waals surface area contributed by atoms with E-state index in [-0.39, 0.29) is 18.3 Å². The Morgan fingerprint density at radius 3 is 2.65 bits per heavy atom. The number of hydrogen-bond acceptors (Lipinski definition) is 4. The zero-order chi connectivity index (χ0) is 15.3. The lowest BCUT2D eigenvalue weighted by Gasteiger charge is -2.28. The second-order valence-electron chi connectivity index (χ2n) is 5.16. The van der Waals surface area contributed by atoms with Crippen LogP contribution in [0.1, 0.15) is 40.0 Å². The van der Waals surface area contributed by atoms with E-state index in [0.717, 1.165) is 12.8 Å². The van der Waals surface area contributed by atoms with Crippen LogP contribution >= 0.6 is 0 Å². The second-order valence-corrected chi connectivity index (χ2v) is 5.16. The molecular weight excluding hydrogens is 260 g/mol. The van der Waals surface area contributed by atoms with Crippen molar-refractivity contribution in [2.45, 2.75) is 40.0 Å². The average Bonchev–Trinajstić information content (AvgIpc) is 2.42. The fourth-order valence-electron chi connectivity index (χ4n) is 2.58. The predicted octanol–water partition coefficient (Wildman–Crippen LogP) is 1.43. The van der Waals surface area contributed by atoms with Gasteiger partial charge in [0.15, 0.2) is 0 Å². The summed E-state index contributed by atoms with van der Waals surface area (Å²) in [6.45, 7) is 5.11. The molecule has 0 bridgehead atoms. The van der Waals surface area contributed by atoms with Crippen LogP contribution < -0.4 is 0 Å². The van der Waals surface area contributed by atoms with Crippen molar-refractivity contribution < 1.29 is 23.9 Å². The molecule has 110 valence electrons. The van der Waals surface area contributed by atoms with Crippen molar-refractivity contribution in [3.8, 4) is 0 Å². The number of carbonyl (C=O) groups excluding carboxylic acids is 3. The first kappa shape index (κ1) is 16.2. The van der Waals surface area contributed by atoms with E-state index in [2.05, 4.69) is 9.53 Å². The Morgan fingerprint density at radius 2 is 2.10 bits per heavy atom. The van der Waals surface area contributed by atoms with Crippen molar-refractivity contribution >= 4 is 23.2 Å². The third kappa shape index (κ3) is 3.39. The Hall–Kier alpha value is -1.81. The molecule has 6 nitrogen and oxygen atoms in total. The number of hydrogen-bond donors (Lipinski definition) is 0. The molecule has 0 aromatic rings. The van der Waals surface area contributed by atoms with Crippen LogP contribution in [0.25, 0.3) is 5.53 Å². The number of nitrogens with zero attached hydrogens (tertiary/aromatic N) is 2. The smallest absolute Gasteiger partial charge is 0.441 e. The summed E-state index contributed by atoms with van der Waals surface area (Å²) in [4.78, 5) is 38.6. The van der Waals surface area contributed by atoms with Gasteiger partial charge in [-0.3, -0.25) is 9.59 Å². The third-order valence-electron chi connectivity index (χ3n) is 3.82. The van der Waals surface area contributed by atoms with Crippen molar-refractivity contribution in [3.05, 3.63) is 5.53 Å². The molecule has 6 heteroatoms. The van der Waals surface area contributed by atoms with Gasteiger partial charge in [-0.15, -0.1) is 0 Å². The van der Waals surface area contributed by atoms with Gasteiger partial charge in [-0.1, -0.05) is 20.3 Å². The number of carbonyl (C=O) groups is 3. The van der Waals surface area contributed by atoms with E-state index in [9.17, 15) is 14.4 Å². The van der Waals surface area contributed by atoms with Crippen molar-refractivity contribution in [1.29, 1.82) is 0 Å². The summed E-state index contributed by atoms with van der Waals surface area (Å²) >= 11 is 0. The lowest BCUT2D eigenvalue weighted by Crippen LogP contribution is -2.40. The van der Waals surface area contributed by atoms with Gasteiger partial charge in [0.1, 0.15) is 5.78 Å². The highest BCUT2D eigenvalue weighted by molar-refractivity contribution is 6.62. The maximum absolute atomic E-state index is 12.2. The maximum Gasteiger partial charge on any atom is 0.441 e. The summed E-state index contributed by atoms with van der Waals surface area (Å²) in [5.74, 6) is -2.72. The van der Waals surface area contributed by atoms with Gasteiger partial charge in [0.2, 0.25) is 0 Å². The monoisotopic (exact) mass is 280 g/mol. The van der Waals surface area contributed by atoms with Crippen LogP contribution in [0, 0.1) is 17.8 Å². The van der Waals surface area contributed by atoms with E-state index in [1.54, 1.807) is 13.8 Å². The van der Waals surface area contributed by atoms with Crippen LogP contribution in [0.15, 0.2) is 0 Å². The zero-order valence-corrected chi connectivity index (χ0v) is 12.1. The molecule has 1 rings (SSSR count). The van der Waals surface area contributed by atoms with Crippen molar-refractivity contribution in [1.82, 2.24) is 0 Å². The van der Waals surface area contributed by atoms with Gasteiger partial charge in [-0.2, -0.15) is 4.79 Å². The largest absolute Gasteiger partial charge is 0.457 e. The van der Waals surface area contributed by atoms with E-state index < -0.39 is 29.3 Å². The predicted molar refractivity (Wildman–Crippen MR) is 70.9 cm³/mol. The van der Waals surface area contributed by atoms with Gasteiger partial charge in [0.05, 0.1) is 6.61 Å². The normalized spacial score (nSPS) is 23.6. The van der Waals surface area contributed by atoms with Gasteiger partial charge in [-0.05, 0) is 19.8 Å². The van der Waals surface area contributed by atoms with Crippen molar-refractivity contribution in [2.24, 2.45) is 17.8 Å². The summed E-state index contributed by atoms with van der Waals surface area (Å²) < 4.78 is 4.67. The van der Waals surface area contributed by atoms with Gasteiger partial charge >= 0.3 is 11.7 Å². The van der Waals surface area contributed by atoms with Crippen LogP contribution in [-0.4, -0.2) is 34.6 Å². The average molecular weight is 280 g/mol. The molecule has 0 N–H and O–H groups in total. The molecule has 0 aromatic carbocycles. The van der Waals surface area contributed by atoms with Crippen LogP contribution in [-0.2, 0) is 19.1 Å². The quantitative estimate of drug-likeness (QED) is 0.250. The minimum absolute atomic E-state index is 0.0400. The number of Topliss-reactive ketones (excluding diaryl/α,β-unsaturated/α-hetero) is 2. The molecule has 1 saturated carbocycles. The lowest BCUT2D eigenvalue weighted by atomic mass is 9.73. The molecule has 3 unspecified atom stereocenters. The van der Waals surface area contributed by atoms with Crippen LogP contribution in [0.2, 0.25) is 0 Å². The molecule has 20 heavy (non-hydrogen) atoms. The Balaban J connectivity index is 2.87. The van der Waals surface area contributed by atoms with Crippen LogP contribution in [0.3, 0.4) is 0 Å². The number of esters is 1. The Kier molecular flexibility index (Phi) is 5.77. The lowest BCUT2D eigenvalue weighted by molar-refractivity contribution is -0.144. The second kappa shape index (κ2) is 7.10. The van der Waals surface area contributed by atoms with Crippen molar-refractivity contribution in [3.63, 3.8) is 0 Å². The van der Waals surface area contributed by atoms with Crippen LogP contribution in [0.5, 0.6) is 0 Å². The summed E-state index contributed by atoms with van der Waals surface area (Å²) in [6.07, 6.45) is 2.33.